The highest BCUT2D eigenvalue weighted by Crippen LogP contribution is 2.34. The second-order valence-corrected chi connectivity index (χ2v) is 6.44. The van der Waals surface area contributed by atoms with Crippen LogP contribution in [0.15, 0.2) is 53.4 Å². The van der Waals surface area contributed by atoms with Gasteiger partial charge in [-0.1, -0.05) is 24.3 Å². The quantitative estimate of drug-likeness (QED) is 0.814. The average Bonchev–Trinajstić information content (AvgIpc) is 2.54. The van der Waals surface area contributed by atoms with E-state index >= 15 is 0 Å². The van der Waals surface area contributed by atoms with Crippen molar-refractivity contribution in [3.8, 4) is 5.75 Å². The Balaban J connectivity index is 2.04. The normalized spacial score (nSPS) is 14.2. The summed E-state index contributed by atoms with van der Waals surface area (Å²) < 4.78 is 32.3. The average molecular weight is 303 g/mol. The minimum atomic E-state index is -3.66. The minimum absolute atomic E-state index is 0.157. The maximum Gasteiger partial charge on any atom is 0.264 e. The summed E-state index contributed by atoms with van der Waals surface area (Å²) in [6.07, 6.45) is 0.681. The van der Waals surface area contributed by atoms with Gasteiger partial charge in [-0.25, -0.2) is 8.42 Å². The Morgan fingerprint density at radius 3 is 2.48 bits per heavy atom. The van der Waals surface area contributed by atoms with Crippen LogP contribution in [0.4, 0.5) is 5.69 Å². The van der Waals surface area contributed by atoms with E-state index in [1.165, 1.54) is 28.6 Å². The zero-order chi connectivity index (χ0) is 14.9. The molecular weight excluding hydrogens is 290 g/mol. The number of ether oxygens (including phenoxy) is 1. The molecule has 5 nitrogen and oxygen atoms in total. The molecule has 2 aromatic carbocycles. The number of benzene rings is 2. The molecule has 1 aliphatic rings. The van der Waals surface area contributed by atoms with Gasteiger partial charge in [0.1, 0.15) is 18.6 Å². The summed E-state index contributed by atoms with van der Waals surface area (Å²) in [6, 6.07) is 12.9. The number of nitrogens with zero attached hydrogens (tertiary/aromatic N) is 1. The Morgan fingerprint density at radius 2 is 1.76 bits per heavy atom. The third kappa shape index (κ3) is 2.38. The molecule has 1 aliphatic heterocycles. The van der Waals surface area contributed by atoms with Crippen molar-refractivity contribution in [3.05, 3.63) is 54.1 Å². The number of aldehydes is 1. The molecule has 2 aromatic rings. The van der Waals surface area contributed by atoms with E-state index in [0.29, 0.717) is 29.9 Å². The van der Waals surface area contributed by atoms with Crippen LogP contribution in [0.1, 0.15) is 10.4 Å². The first kappa shape index (κ1) is 13.6. The van der Waals surface area contributed by atoms with E-state index < -0.39 is 10.0 Å². The molecule has 0 amide bonds. The van der Waals surface area contributed by atoms with E-state index in [1.807, 2.05) is 0 Å². The molecule has 0 aliphatic carbocycles. The van der Waals surface area contributed by atoms with Crippen molar-refractivity contribution in [2.45, 2.75) is 4.90 Å². The van der Waals surface area contributed by atoms with E-state index in [-0.39, 0.29) is 11.4 Å². The number of anilines is 1. The molecule has 0 atom stereocenters. The van der Waals surface area contributed by atoms with E-state index in [9.17, 15) is 13.2 Å². The smallest absolute Gasteiger partial charge is 0.264 e. The van der Waals surface area contributed by atoms with Crippen molar-refractivity contribution in [3.63, 3.8) is 0 Å². The Kier molecular flexibility index (Phi) is 3.39. The van der Waals surface area contributed by atoms with Gasteiger partial charge in [0.15, 0.2) is 0 Å². The monoisotopic (exact) mass is 303 g/mol. The van der Waals surface area contributed by atoms with E-state index in [4.69, 9.17) is 4.74 Å². The minimum Gasteiger partial charge on any atom is -0.489 e. The standard InChI is InChI=1S/C15H13NO4S/c17-11-12-5-7-13(8-6-12)21(18,19)16-9-10-20-15-4-2-1-3-14(15)16/h1-8,11H,9-10H2. The van der Waals surface area contributed by atoms with Crippen molar-refractivity contribution in [2.24, 2.45) is 0 Å². The predicted molar refractivity (Wildman–Crippen MR) is 78.3 cm³/mol. The van der Waals surface area contributed by atoms with Crippen LogP contribution in [0.3, 0.4) is 0 Å². The summed E-state index contributed by atoms with van der Waals surface area (Å²) in [6.45, 7) is 0.567. The molecular formula is C15H13NO4S. The molecule has 0 unspecified atom stereocenters. The molecule has 0 N–H and O–H groups in total. The van der Waals surface area contributed by atoms with Crippen LogP contribution in [0.2, 0.25) is 0 Å². The van der Waals surface area contributed by atoms with Crippen molar-refractivity contribution >= 4 is 22.0 Å². The first-order valence-electron chi connectivity index (χ1n) is 6.43. The van der Waals surface area contributed by atoms with Crippen LogP contribution < -0.4 is 9.04 Å². The summed E-state index contributed by atoms with van der Waals surface area (Å²) in [4.78, 5) is 10.8. The van der Waals surface area contributed by atoms with Crippen LogP contribution in [0.5, 0.6) is 5.75 Å². The number of hydrogen-bond acceptors (Lipinski definition) is 4. The van der Waals surface area contributed by atoms with Gasteiger partial charge in [0.2, 0.25) is 0 Å². The van der Waals surface area contributed by atoms with Crippen molar-refractivity contribution < 1.29 is 17.9 Å². The van der Waals surface area contributed by atoms with E-state index in [2.05, 4.69) is 0 Å². The SMILES string of the molecule is O=Cc1ccc(S(=O)(=O)N2CCOc3ccccc32)cc1. The predicted octanol–water partition coefficient (Wildman–Crippen LogP) is 2.09. The number of hydrogen-bond donors (Lipinski definition) is 0. The summed E-state index contributed by atoms with van der Waals surface area (Å²) in [5.41, 5.74) is 0.972. The highest BCUT2D eigenvalue weighted by Gasteiger charge is 2.29. The Morgan fingerprint density at radius 1 is 1.05 bits per heavy atom. The van der Waals surface area contributed by atoms with Gasteiger partial charge in [-0.05, 0) is 24.3 Å². The van der Waals surface area contributed by atoms with Crippen LogP contribution in [-0.4, -0.2) is 27.9 Å². The molecule has 3 rings (SSSR count). The zero-order valence-electron chi connectivity index (χ0n) is 11.1. The van der Waals surface area contributed by atoms with Gasteiger partial charge in [0.05, 0.1) is 17.1 Å². The fourth-order valence-corrected chi connectivity index (χ4v) is 3.70. The van der Waals surface area contributed by atoms with Crippen LogP contribution >= 0.6 is 0 Å². The number of fused-ring (bicyclic) bond motifs is 1. The summed E-state index contributed by atoms with van der Waals surface area (Å²) in [5, 5.41) is 0. The van der Waals surface area contributed by atoms with E-state index in [1.54, 1.807) is 24.3 Å². The molecule has 0 saturated heterocycles. The lowest BCUT2D eigenvalue weighted by Gasteiger charge is -2.30. The lowest BCUT2D eigenvalue weighted by molar-refractivity contribution is 0.112. The molecule has 0 spiro atoms. The topological polar surface area (TPSA) is 63.7 Å². The Hall–Kier alpha value is -2.34. The number of carbonyl (C=O) groups excluding carboxylic acids is 1. The lowest BCUT2D eigenvalue weighted by Crippen LogP contribution is -2.37. The van der Waals surface area contributed by atoms with Gasteiger partial charge in [-0.15, -0.1) is 0 Å². The molecule has 21 heavy (non-hydrogen) atoms. The van der Waals surface area contributed by atoms with E-state index in [0.717, 1.165) is 0 Å². The molecule has 0 fully saturated rings. The van der Waals surface area contributed by atoms with Gasteiger partial charge in [0, 0.05) is 5.56 Å². The number of carbonyl (C=O) groups is 1. The maximum atomic E-state index is 12.7. The molecule has 0 saturated carbocycles. The Labute approximate surface area is 122 Å². The molecule has 0 bridgehead atoms. The van der Waals surface area contributed by atoms with Crippen molar-refractivity contribution in [1.82, 2.24) is 0 Å². The molecule has 1 heterocycles. The third-order valence-corrected chi connectivity index (χ3v) is 5.12. The highest BCUT2D eigenvalue weighted by molar-refractivity contribution is 7.92. The first-order valence-corrected chi connectivity index (χ1v) is 7.87. The summed E-state index contributed by atoms with van der Waals surface area (Å²) in [5.74, 6) is 0.553. The molecule has 6 heteroatoms. The number of rotatable bonds is 3. The Bertz CT molecular complexity index is 769. The lowest BCUT2D eigenvalue weighted by atomic mass is 10.2. The summed E-state index contributed by atoms with van der Waals surface area (Å²) in [7, 11) is -3.66. The molecule has 0 aromatic heterocycles. The second kappa shape index (κ2) is 5.21. The maximum absolute atomic E-state index is 12.7. The number of para-hydroxylation sites is 2. The van der Waals surface area contributed by atoms with Crippen LogP contribution in [-0.2, 0) is 10.0 Å². The number of sulfonamides is 1. The van der Waals surface area contributed by atoms with Crippen LogP contribution in [0.25, 0.3) is 0 Å². The van der Waals surface area contributed by atoms with Gasteiger partial charge >= 0.3 is 0 Å². The fourth-order valence-electron chi connectivity index (χ4n) is 2.24. The molecule has 108 valence electrons. The fraction of sp³-hybridized carbons (Fsp3) is 0.133. The van der Waals surface area contributed by atoms with Gasteiger partial charge < -0.3 is 4.74 Å². The van der Waals surface area contributed by atoms with Crippen LogP contribution in [0, 0.1) is 0 Å². The summed E-state index contributed by atoms with van der Waals surface area (Å²) >= 11 is 0. The van der Waals surface area contributed by atoms with Crippen molar-refractivity contribution in [1.29, 1.82) is 0 Å². The zero-order valence-corrected chi connectivity index (χ0v) is 11.9. The highest BCUT2D eigenvalue weighted by atomic mass is 32.2. The van der Waals surface area contributed by atoms with Crippen molar-refractivity contribution in [2.75, 3.05) is 17.5 Å². The van der Waals surface area contributed by atoms with Gasteiger partial charge in [-0.2, -0.15) is 0 Å². The third-order valence-electron chi connectivity index (χ3n) is 3.29. The first-order chi connectivity index (χ1) is 10.1. The largest absolute Gasteiger partial charge is 0.489 e. The second-order valence-electron chi connectivity index (χ2n) is 4.58. The van der Waals surface area contributed by atoms with Gasteiger partial charge in [0.25, 0.3) is 10.0 Å². The van der Waals surface area contributed by atoms with Gasteiger partial charge in [-0.3, -0.25) is 9.10 Å². The molecule has 0 radical (unpaired) electrons.